The van der Waals surface area contributed by atoms with Gasteiger partial charge in [-0.2, -0.15) is 13.2 Å². The number of para-hydroxylation sites is 2. The molecule has 0 saturated carbocycles. The zero-order valence-corrected chi connectivity index (χ0v) is 19.5. The van der Waals surface area contributed by atoms with Crippen molar-refractivity contribution in [3.05, 3.63) is 94.9 Å². The summed E-state index contributed by atoms with van der Waals surface area (Å²) in [5.74, 6) is -0.544. The van der Waals surface area contributed by atoms with E-state index in [1.54, 1.807) is 48.5 Å². The number of carbonyl (C=O) groups is 2. The summed E-state index contributed by atoms with van der Waals surface area (Å²) in [5, 5.41) is 2.72. The van der Waals surface area contributed by atoms with Gasteiger partial charge in [0.15, 0.2) is 10.9 Å². The van der Waals surface area contributed by atoms with Crippen LogP contribution in [0.3, 0.4) is 0 Å². The van der Waals surface area contributed by atoms with Crippen LogP contribution in [-0.2, 0) is 15.8 Å². The minimum Gasteiger partial charge on any atom is -0.483 e. The average Bonchev–Trinajstić information content (AvgIpc) is 3.11. The lowest BCUT2D eigenvalue weighted by molar-refractivity contribution is -0.137. The Morgan fingerprint density at radius 3 is 2.49 bits per heavy atom. The van der Waals surface area contributed by atoms with Crippen LogP contribution in [0.2, 0.25) is 0 Å². The number of amides is 2. The van der Waals surface area contributed by atoms with Gasteiger partial charge in [-0.3, -0.25) is 14.5 Å². The first-order chi connectivity index (χ1) is 16.7. The van der Waals surface area contributed by atoms with E-state index in [0.717, 1.165) is 28.8 Å². The van der Waals surface area contributed by atoms with E-state index in [1.165, 1.54) is 18.2 Å². The van der Waals surface area contributed by atoms with Crippen LogP contribution in [-0.4, -0.2) is 22.7 Å². The highest BCUT2D eigenvalue weighted by molar-refractivity contribution is 8.27. The van der Waals surface area contributed by atoms with Gasteiger partial charge in [-0.05, 0) is 42.5 Å². The zero-order chi connectivity index (χ0) is 25.0. The van der Waals surface area contributed by atoms with Crippen LogP contribution in [0.5, 0.6) is 5.75 Å². The molecule has 2 amide bonds. The third-order valence-corrected chi connectivity index (χ3v) is 6.15. The zero-order valence-electron chi connectivity index (χ0n) is 17.9. The first kappa shape index (κ1) is 24.5. The van der Waals surface area contributed by atoms with Gasteiger partial charge >= 0.3 is 6.18 Å². The molecule has 1 heterocycles. The summed E-state index contributed by atoms with van der Waals surface area (Å²) >= 11 is 6.24. The minimum absolute atomic E-state index is 0.0350. The molecule has 5 nitrogen and oxygen atoms in total. The van der Waals surface area contributed by atoms with Crippen LogP contribution in [0.1, 0.15) is 11.1 Å². The Morgan fingerprint density at radius 2 is 1.74 bits per heavy atom. The van der Waals surface area contributed by atoms with Crippen LogP contribution < -0.4 is 15.0 Å². The Kier molecular flexibility index (Phi) is 7.23. The van der Waals surface area contributed by atoms with E-state index in [1.807, 2.05) is 6.07 Å². The number of halogens is 3. The van der Waals surface area contributed by atoms with Gasteiger partial charge in [0.25, 0.3) is 11.8 Å². The molecule has 3 aromatic carbocycles. The van der Waals surface area contributed by atoms with E-state index in [0.29, 0.717) is 17.0 Å². The van der Waals surface area contributed by atoms with Gasteiger partial charge in [0.1, 0.15) is 5.75 Å². The number of anilines is 2. The molecule has 0 aromatic heterocycles. The molecule has 0 aliphatic carbocycles. The second-order valence-electron chi connectivity index (χ2n) is 7.31. The smallest absolute Gasteiger partial charge is 0.416 e. The predicted molar refractivity (Wildman–Crippen MR) is 134 cm³/mol. The number of rotatable bonds is 6. The number of thioether (sulfide) groups is 1. The fraction of sp³-hybridized carbons (Fsp3) is 0.0800. The lowest BCUT2D eigenvalue weighted by atomic mass is 10.1. The van der Waals surface area contributed by atoms with Gasteiger partial charge in [0.2, 0.25) is 0 Å². The molecule has 178 valence electrons. The maximum absolute atomic E-state index is 13.1. The molecule has 1 saturated heterocycles. The molecule has 0 radical (unpaired) electrons. The van der Waals surface area contributed by atoms with Crippen molar-refractivity contribution in [2.24, 2.45) is 0 Å². The molecule has 10 heteroatoms. The number of hydrogen-bond donors (Lipinski definition) is 1. The molecule has 0 atom stereocenters. The molecule has 0 unspecified atom stereocenters. The third kappa shape index (κ3) is 5.90. The van der Waals surface area contributed by atoms with Crippen LogP contribution in [0, 0.1) is 0 Å². The van der Waals surface area contributed by atoms with Crippen molar-refractivity contribution in [1.82, 2.24) is 0 Å². The summed E-state index contributed by atoms with van der Waals surface area (Å²) in [7, 11) is 0. The maximum Gasteiger partial charge on any atom is 0.416 e. The summed E-state index contributed by atoms with van der Waals surface area (Å²) in [4.78, 5) is 26.5. The number of ether oxygens (including phenoxy) is 1. The first-order valence-corrected chi connectivity index (χ1v) is 11.5. The van der Waals surface area contributed by atoms with Gasteiger partial charge in [0.05, 0.1) is 16.2 Å². The number of benzene rings is 3. The number of hydrogen-bond acceptors (Lipinski definition) is 5. The van der Waals surface area contributed by atoms with Gasteiger partial charge < -0.3 is 10.1 Å². The van der Waals surface area contributed by atoms with Crippen LogP contribution in [0.25, 0.3) is 6.08 Å². The second-order valence-corrected chi connectivity index (χ2v) is 8.98. The number of thiocarbonyl (C=S) groups is 1. The van der Waals surface area contributed by atoms with Crippen molar-refractivity contribution in [2.75, 3.05) is 16.8 Å². The highest BCUT2D eigenvalue weighted by Gasteiger charge is 2.36. The van der Waals surface area contributed by atoms with Crippen molar-refractivity contribution in [1.29, 1.82) is 0 Å². The largest absolute Gasteiger partial charge is 0.483 e. The summed E-state index contributed by atoms with van der Waals surface area (Å²) in [6, 6.07) is 20.1. The van der Waals surface area contributed by atoms with Gasteiger partial charge in [0, 0.05) is 11.3 Å². The molecule has 1 aliphatic rings. The first-order valence-electron chi connectivity index (χ1n) is 10.2. The Labute approximate surface area is 208 Å². The van der Waals surface area contributed by atoms with Crippen molar-refractivity contribution in [3.63, 3.8) is 0 Å². The Hall–Kier alpha value is -3.63. The number of carbonyl (C=O) groups excluding carboxylic acids is 2. The Balaban J connectivity index is 1.51. The van der Waals surface area contributed by atoms with E-state index in [4.69, 9.17) is 17.0 Å². The molecule has 1 N–H and O–H groups in total. The van der Waals surface area contributed by atoms with Gasteiger partial charge in [-0.1, -0.05) is 66.4 Å². The fourth-order valence-corrected chi connectivity index (χ4v) is 4.54. The Bertz CT molecular complexity index is 1310. The monoisotopic (exact) mass is 514 g/mol. The normalized spacial score (nSPS) is 14.9. The molecule has 4 rings (SSSR count). The maximum atomic E-state index is 13.1. The average molecular weight is 515 g/mol. The van der Waals surface area contributed by atoms with Gasteiger partial charge in [-0.25, -0.2) is 0 Å². The SMILES string of the molecule is O=C(COc1ccccc1/C=C1\SC(=S)N(c2cccc(C(F)(F)F)c2)C1=O)Nc1ccccc1. The fourth-order valence-electron chi connectivity index (χ4n) is 3.25. The summed E-state index contributed by atoms with van der Waals surface area (Å²) in [5.41, 5.74) is 0.311. The lowest BCUT2D eigenvalue weighted by Gasteiger charge is -2.16. The lowest BCUT2D eigenvalue weighted by Crippen LogP contribution is -2.27. The topological polar surface area (TPSA) is 58.6 Å². The molecule has 35 heavy (non-hydrogen) atoms. The summed E-state index contributed by atoms with van der Waals surface area (Å²) in [6.45, 7) is -0.259. The van der Waals surface area contributed by atoms with Crippen molar-refractivity contribution < 1.29 is 27.5 Å². The number of nitrogens with zero attached hydrogens (tertiary/aromatic N) is 1. The standard InChI is InChI=1S/C25H17F3N2O3S2/c26-25(27,28)17-8-6-11-19(14-17)30-23(32)21(35-24(30)34)13-16-7-4-5-12-20(16)33-15-22(31)29-18-9-2-1-3-10-18/h1-14H,15H2,(H,29,31)/b21-13-. The van der Waals surface area contributed by atoms with Gasteiger partial charge in [-0.15, -0.1) is 0 Å². The minimum atomic E-state index is -4.55. The van der Waals surface area contributed by atoms with E-state index in [2.05, 4.69) is 5.32 Å². The molecule has 3 aromatic rings. The van der Waals surface area contributed by atoms with Crippen LogP contribution >= 0.6 is 24.0 Å². The molecule has 0 spiro atoms. The van der Waals surface area contributed by atoms with Crippen LogP contribution in [0.4, 0.5) is 24.5 Å². The second kappa shape index (κ2) is 10.3. The molecule has 1 aliphatic heterocycles. The highest BCUT2D eigenvalue weighted by Crippen LogP contribution is 2.39. The Morgan fingerprint density at radius 1 is 1.03 bits per heavy atom. The van der Waals surface area contributed by atoms with Crippen LogP contribution in [0.15, 0.2) is 83.8 Å². The van der Waals surface area contributed by atoms with Crippen molar-refractivity contribution in [3.8, 4) is 5.75 Å². The van der Waals surface area contributed by atoms with E-state index >= 15 is 0 Å². The van der Waals surface area contributed by atoms with E-state index in [-0.39, 0.29) is 27.4 Å². The van der Waals surface area contributed by atoms with Crippen molar-refractivity contribution >= 4 is 57.6 Å². The molecule has 0 bridgehead atoms. The molecule has 1 fully saturated rings. The predicted octanol–water partition coefficient (Wildman–Crippen LogP) is 6.13. The number of nitrogens with one attached hydrogen (secondary N) is 1. The van der Waals surface area contributed by atoms with E-state index < -0.39 is 17.6 Å². The van der Waals surface area contributed by atoms with E-state index in [9.17, 15) is 22.8 Å². The third-order valence-electron chi connectivity index (χ3n) is 4.85. The quantitative estimate of drug-likeness (QED) is 0.317. The summed E-state index contributed by atoms with van der Waals surface area (Å²) < 4.78 is 45.1. The highest BCUT2D eigenvalue weighted by atomic mass is 32.2. The molecular formula is C25H17F3N2O3S2. The number of alkyl halides is 3. The van der Waals surface area contributed by atoms with Crippen molar-refractivity contribution in [2.45, 2.75) is 6.18 Å². The molecular weight excluding hydrogens is 497 g/mol. The summed E-state index contributed by atoms with van der Waals surface area (Å²) in [6.07, 6.45) is -3.01.